The molecule has 1 saturated carbocycles. The van der Waals surface area contributed by atoms with E-state index in [0.717, 1.165) is 19.4 Å². The van der Waals surface area contributed by atoms with E-state index in [-0.39, 0.29) is 30.3 Å². The Labute approximate surface area is 115 Å². The normalized spacial score (nSPS) is 16.9. The van der Waals surface area contributed by atoms with Gasteiger partial charge in [0.1, 0.15) is 0 Å². The van der Waals surface area contributed by atoms with E-state index < -0.39 is 0 Å². The van der Waals surface area contributed by atoms with Crippen molar-refractivity contribution in [2.75, 3.05) is 34.3 Å². The molecule has 0 aliphatic heterocycles. The van der Waals surface area contributed by atoms with E-state index in [4.69, 9.17) is 4.74 Å². The lowest BCUT2D eigenvalue weighted by Crippen LogP contribution is -2.57. The van der Waals surface area contributed by atoms with Gasteiger partial charge in [0.25, 0.3) is 0 Å². The SMILES string of the molecule is CCOC(=O)CCC(=O)N(C)CC1(N(C)C)CCC1. The third-order valence-corrected chi connectivity index (χ3v) is 4.04. The van der Waals surface area contributed by atoms with Crippen LogP contribution in [0.3, 0.4) is 0 Å². The van der Waals surface area contributed by atoms with Gasteiger partial charge in [-0.25, -0.2) is 0 Å². The third kappa shape index (κ3) is 4.20. The molecule has 0 saturated heterocycles. The van der Waals surface area contributed by atoms with Crippen LogP contribution in [0.15, 0.2) is 0 Å². The quantitative estimate of drug-likeness (QED) is 0.654. The standard InChI is InChI=1S/C14H26N2O3/c1-5-19-13(18)8-7-12(17)16(4)11-14(15(2)3)9-6-10-14/h5-11H2,1-4H3. The first-order valence-corrected chi connectivity index (χ1v) is 6.98. The van der Waals surface area contributed by atoms with Gasteiger partial charge >= 0.3 is 5.97 Å². The van der Waals surface area contributed by atoms with Crippen molar-refractivity contribution in [2.45, 2.75) is 44.6 Å². The van der Waals surface area contributed by atoms with Crippen LogP contribution in [0.5, 0.6) is 0 Å². The zero-order valence-electron chi connectivity index (χ0n) is 12.6. The number of rotatable bonds is 7. The van der Waals surface area contributed by atoms with Crippen LogP contribution in [0.25, 0.3) is 0 Å². The molecule has 0 heterocycles. The molecule has 5 nitrogen and oxygen atoms in total. The average Bonchev–Trinajstić information content (AvgIpc) is 2.30. The van der Waals surface area contributed by atoms with Crippen LogP contribution in [0.4, 0.5) is 0 Å². The number of esters is 1. The predicted molar refractivity (Wildman–Crippen MR) is 73.8 cm³/mol. The van der Waals surface area contributed by atoms with E-state index in [1.54, 1.807) is 11.8 Å². The van der Waals surface area contributed by atoms with Crippen molar-refractivity contribution in [3.63, 3.8) is 0 Å². The Balaban J connectivity index is 2.38. The van der Waals surface area contributed by atoms with Gasteiger partial charge in [0.05, 0.1) is 13.0 Å². The summed E-state index contributed by atoms with van der Waals surface area (Å²) < 4.78 is 4.83. The lowest BCUT2D eigenvalue weighted by molar-refractivity contribution is -0.145. The minimum atomic E-state index is -0.296. The predicted octanol–water partition coefficient (Wildman–Crippen LogP) is 1.27. The topological polar surface area (TPSA) is 49.9 Å². The van der Waals surface area contributed by atoms with Crippen molar-refractivity contribution in [1.29, 1.82) is 0 Å². The number of amides is 1. The number of ether oxygens (including phenoxy) is 1. The van der Waals surface area contributed by atoms with Gasteiger partial charge in [-0.2, -0.15) is 0 Å². The van der Waals surface area contributed by atoms with Gasteiger partial charge in [-0.1, -0.05) is 0 Å². The minimum Gasteiger partial charge on any atom is -0.466 e. The van der Waals surface area contributed by atoms with Crippen LogP contribution in [-0.2, 0) is 14.3 Å². The number of hydrogen-bond acceptors (Lipinski definition) is 4. The monoisotopic (exact) mass is 270 g/mol. The van der Waals surface area contributed by atoms with E-state index in [9.17, 15) is 9.59 Å². The van der Waals surface area contributed by atoms with Gasteiger partial charge in [-0.15, -0.1) is 0 Å². The molecule has 110 valence electrons. The minimum absolute atomic E-state index is 0.0150. The molecule has 5 heteroatoms. The van der Waals surface area contributed by atoms with Crippen molar-refractivity contribution in [2.24, 2.45) is 0 Å². The van der Waals surface area contributed by atoms with Crippen LogP contribution >= 0.6 is 0 Å². The Kier molecular flexibility index (Phi) is 5.79. The highest BCUT2D eigenvalue weighted by atomic mass is 16.5. The van der Waals surface area contributed by atoms with Crippen molar-refractivity contribution in [3.8, 4) is 0 Å². The fourth-order valence-corrected chi connectivity index (χ4v) is 2.49. The summed E-state index contributed by atoms with van der Waals surface area (Å²) in [5.41, 5.74) is 0.133. The average molecular weight is 270 g/mol. The summed E-state index contributed by atoms with van der Waals surface area (Å²) >= 11 is 0. The van der Waals surface area contributed by atoms with Gasteiger partial charge < -0.3 is 14.5 Å². The fourth-order valence-electron chi connectivity index (χ4n) is 2.49. The molecule has 19 heavy (non-hydrogen) atoms. The number of carbonyl (C=O) groups excluding carboxylic acids is 2. The Morgan fingerprint density at radius 3 is 2.21 bits per heavy atom. The number of nitrogens with zero attached hydrogens (tertiary/aromatic N) is 2. The molecule has 0 bridgehead atoms. The summed E-state index contributed by atoms with van der Waals surface area (Å²) in [6, 6.07) is 0. The summed E-state index contributed by atoms with van der Waals surface area (Å²) in [6.07, 6.45) is 3.90. The molecule has 0 aromatic heterocycles. The summed E-state index contributed by atoms with van der Waals surface area (Å²) in [5.74, 6) is -0.281. The Morgan fingerprint density at radius 2 is 1.79 bits per heavy atom. The van der Waals surface area contributed by atoms with Crippen molar-refractivity contribution in [3.05, 3.63) is 0 Å². The molecule has 0 N–H and O–H groups in total. The molecule has 0 spiro atoms. The summed E-state index contributed by atoms with van der Waals surface area (Å²) in [7, 11) is 5.95. The van der Waals surface area contributed by atoms with E-state index in [1.807, 2.05) is 7.05 Å². The molecule has 1 amide bonds. The molecule has 1 aliphatic rings. The Bertz CT molecular complexity index is 325. The third-order valence-electron chi connectivity index (χ3n) is 4.04. The van der Waals surface area contributed by atoms with E-state index in [1.165, 1.54) is 6.42 Å². The molecule has 0 atom stereocenters. The smallest absolute Gasteiger partial charge is 0.306 e. The van der Waals surface area contributed by atoms with Crippen LogP contribution in [0.1, 0.15) is 39.0 Å². The van der Waals surface area contributed by atoms with Gasteiger partial charge in [-0.05, 0) is 40.3 Å². The van der Waals surface area contributed by atoms with Crippen molar-refractivity contribution in [1.82, 2.24) is 9.80 Å². The summed E-state index contributed by atoms with van der Waals surface area (Å²) in [5, 5.41) is 0. The van der Waals surface area contributed by atoms with Crippen LogP contribution < -0.4 is 0 Å². The van der Waals surface area contributed by atoms with E-state index in [0.29, 0.717) is 6.61 Å². The van der Waals surface area contributed by atoms with Gasteiger partial charge in [0.2, 0.25) is 5.91 Å². The molecular weight excluding hydrogens is 244 g/mol. The molecule has 0 aromatic carbocycles. The zero-order valence-corrected chi connectivity index (χ0v) is 12.6. The molecule has 1 aliphatic carbocycles. The number of hydrogen-bond donors (Lipinski definition) is 0. The van der Waals surface area contributed by atoms with Gasteiger partial charge in [-0.3, -0.25) is 9.59 Å². The van der Waals surface area contributed by atoms with E-state index in [2.05, 4.69) is 19.0 Å². The molecule has 0 aromatic rings. The first-order valence-electron chi connectivity index (χ1n) is 6.98. The lowest BCUT2D eigenvalue weighted by Gasteiger charge is -2.49. The van der Waals surface area contributed by atoms with Crippen LogP contribution in [-0.4, -0.2) is 61.5 Å². The molecule has 1 rings (SSSR count). The first-order chi connectivity index (χ1) is 8.91. The van der Waals surface area contributed by atoms with Crippen LogP contribution in [0.2, 0.25) is 0 Å². The molecule has 1 fully saturated rings. The second-order valence-electron chi connectivity index (χ2n) is 5.53. The van der Waals surface area contributed by atoms with Crippen molar-refractivity contribution >= 4 is 11.9 Å². The van der Waals surface area contributed by atoms with Crippen molar-refractivity contribution < 1.29 is 14.3 Å². The maximum absolute atomic E-state index is 12.0. The molecular formula is C14H26N2O3. The highest BCUT2D eigenvalue weighted by Crippen LogP contribution is 2.36. The second-order valence-corrected chi connectivity index (χ2v) is 5.53. The maximum atomic E-state index is 12.0. The first kappa shape index (κ1) is 16.0. The zero-order chi connectivity index (χ0) is 14.5. The summed E-state index contributed by atoms with van der Waals surface area (Å²) in [4.78, 5) is 27.2. The lowest BCUT2D eigenvalue weighted by atomic mass is 9.75. The largest absolute Gasteiger partial charge is 0.466 e. The maximum Gasteiger partial charge on any atom is 0.306 e. The Morgan fingerprint density at radius 1 is 1.16 bits per heavy atom. The van der Waals surface area contributed by atoms with E-state index >= 15 is 0 Å². The Hall–Kier alpha value is -1.10. The highest BCUT2D eigenvalue weighted by molar-refractivity contribution is 5.81. The summed E-state index contributed by atoms with van der Waals surface area (Å²) in [6.45, 7) is 2.87. The van der Waals surface area contributed by atoms with Gasteiger partial charge in [0, 0.05) is 25.6 Å². The molecule has 0 radical (unpaired) electrons. The molecule has 0 unspecified atom stereocenters. The van der Waals surface area contributed by atoms with Gasteiger partial charge in [0.15, 0.2) is 0 Å². The highest BCUT2D eigenvalue weighted by Gasteiger charge is 2.40. The fraction of sp³-hybridized carbons (Fsp3) is 0.857. The number of likely N-dealkylation sites (N-methyl/N-ethyl adjacent to an activating group) is 2. The van der Waals surface area contributed by atoms with Crippen LogP contribution in [0, 0.1) is 0 Å². The number of carbonyl (C=O) groups is 2. The second kappa shape index (κ2) is 6.89.